The van der Waals surface area contributed by atoms with Gasteiger partial charge < -0.3 is 14.9 Å². The summed E-state index contributed by atoms with van der Waals surface area (Å²) >= 11 is 0. The van der Waals surface area contributed by atoms with Crippen LogP contribution in [0, 0.1) is 5.92 Å². The SMILES string of the molecule is CCCCCCCCCCc1ccc(-c2noc(CC3CCNC3)n2)cc1.O=C(O)C(F)(F)F. The molecule has 190 valence electrons. The van der Waals surface area contributed by atoms with Gasteiger partial charge in [-0.2, -0.15) is 18.2 Å². The second-order valence-electron chi connectivity index (χ2n) is 8.80. The van der Waals surface area contributed by atoms with Gasteiger partial charge in [0.05, 0.1) is 0 Å². The molecule has 1 atom stereocenters. The number of hydrogen-bond donors (Lipinski definition) is 2. The van der Waals surface area contributed by atoms with Crippen molar-refractivity contribution in [2.45, 2.75) is 83.7 Å². The molecule has 0 bridgehead atoms. The van der Waals surface area contributed by atoms with Gasteiger partial charge in [-0.1, -0.05) is 81.3 Å². The molecule has 1 saturated heterocycles. The van der Waals surface area contributed by atoms with E-state index in [0.29, 0.717) is 5.92 Å². The summed E-state index contributed by atoms with van der Waals surface area (Å²) in [5, 5.41) is 14.7. The van der Waals surface area contributed by atoms with Crippen LogP contribution in [0.1, 0.15) is 76.2 Å². The Labute approximate surface area is 199 Å². The number of alkyl halides is 3. The van der Waals surface area contributed by atoms with Gasteiger partial charge in [-0.25, -0.2) is 4.79 Å². The first-order valence-corrected chi connectivity index (χ1v) is 12.2. The number of carboxylic acid groups (broad SMARTS) is 1. The highest BCUT2D eigenvalue weighted by Crippen LogP contribution is 2.20. The summed E-state index contributed by atoms with van der Waals surface area (Å²) in [6.07, 6.45) is 9.13. The van der Waals surface area contributed by atoms with Crippen molar-refractivity contribution in [1.82, 2.24) is 15.5 Å². The Hall–Kier alpha value is -2.42. The average molecular weight is 484 g/mol. The van der Waals surface area contributed by atoms with Gasteiger partial charge in [0.2, 0.25) is 11.7 Å². The number of halogens is 3. The summed E-state index contributed by atoms with van der Waals surface area (Å²) in [4.78, 5) is 13.5. The lowest BCUT2D eigenvalue weighted by molar-refractivity contribution is -0.192. The van der Waals surface area contributed by atoms with E-state index in [1.165, 1.54) is 69.8 Å². The van der Waals surface area contributed by atoms with E-state index in [2.05, 4.69) is 46.6 Å². The van der Waals surface area contributed by atoms with Crippen LogP contribution >= 0.6 is 0 Å². The predicted octanol–water partition coefficient (Wildman–Crippen LogP) is 6.21. The first-order valence-electron chi connectivity index (χ1n) is 12.2. The zero-order valence-corrected chi connectivity index (χ0v) is 19.9. The number of aliphatic carboxylic acids is 1. The Morgan fingerprint density at radius 3 is 2.26 bits per heavy atom. The van der Waals surface area contributed by atoms with E-state index in [9.17, 15) is 13.2 Å². The summed E-state index contributed by atoms with van der Waals surface area (Å²) in [5.41, 5.74) is 2.46. The van der Waals surface area contributed by atoms with Gasteiger partial charge in [0.15, 0.2) is 0 Å². The van der Waals surface area contributed by atoms with Crippen LogP contribution in [-0.2, 0) is 17.6 Å². The Bertz CT molecular complexity index is 832. The summed E-state index contributed by atoms with van der Waals surface area (Å²) < 4.78 is 37.2. The van der Waals surface area contributed by atoms with E-state index < -0.39 is 12.1 Å². The largest absolute Gasteiger partial charge is 0.490 e. The third kappa shape index (κ3) is 10.7. The second kappa shape index (κ2) is 14.8. The predicted molar refractivity (Wildman–Crippen MR) is 124 cm³/mol. The molecule has 1 fully saturated rings. The lowest BCUT2D eigenvalue weighted by Gasteiger charge is -2.03. The number of aromatic nitrogens is 2. The Morgan fingerprint density at radius 2 is 1.71 bits per heavy atom. The number of carboxylic acids is 1. The van der Waals surface area contributed by atoms with Crippen molar-refractivity contribution in [3.8, 4) is 11.4 Å². The Kier molecular flexibility index (Phi) is 12.1. The third-order valence-corrected chi connectivity index (χ3v) is 5.87. The van der Waals surface area contributed by atoms with Crippen molar-refractivity contribution in [3.63, 3.8) is 0 Å². The quantitative estimate of drug-likeness (QED) is 0.349. The Balaban J connectivity index is 0.000000509. The highest BCUT2D eigenvalue weighted by Gasteiger charge is 2.38. The fourth-order valence-electron chi connectivity index (χ4n) is 3.87. The second-order valence-corrected chi connectivity index (χ2v) is 8.80. The van der Waals surface area contributed by atoms with E-state index in [0.717, 1.165) is 36.8 Å². The van der Waals surface area contributed by atoms with E-state index in [1.807, 2.05) is 0 Å². The molecule has 3 rings (SSSR count). The monoisotopic (exact) mass is 483 g/mol. The molecule has 2 N–H and O–H groups in total. The van der Waals surface area contributed by atoms with Crippen LogP contribution in [-0.4, -0.2) is 40.5 Å². The molecule has 2 heterocycles. The van der Waals surface area contributed by atoms with E-state index in [4.69, 9.17) is 14.4 Å². The van der Waals surface area contributed by atoms with Crippen LogP contribution in [0.2, 0.25) is 0 Å². The van der Waals surface area contributed by atoms with Gasteiger partial charge in [-0.05, 0) is 43.8 Å². The minimum atomic E-state index is -5.08. The van der Waals surface area contributed by atoms with Crippen molar-refractivity contribution in [2.24, 2.45) is 5.92 Å². The maximum atomic E-state index is 10.6. The summed E-state index contributed by atoms with van der Waals surface area (Å²) in [6, 6.07) is 8.69. The number of unbranched alkanes of at least 4 members (excludes halogenated alkanes) is 7. The van der Waals surface area contributed by atoms with Crippen LogP contribution in [0.15, 0.2) is 28.8 Å². The zero-order valence-electron chi connectivity index (χ0n) is 19.9. The van der Waals surface area contributed by atoms with E-state index in [1.54, 1.807) is 0 Å². The van der Waals surface area contributed by atoms with Crippen molar-refractivity contribution >= 4 is 5.97 Å². The third-order valence-electron chi connectivity index (χ3n) is 5.87. The van der Waals surface area contributed by atoms with Gasteiger partial charge in [0.25, 0.3) is 0 Å². The minimum Gasteiger partial charge on any atom is -0.475 e. The fraction of sp³-hybridized carbons (Fsp3) is 0.640. The molecule has 2 aromatic rings. The first kappa shape index (κ1) is 27.8. The summed E-state index contributed by atoms with van der Waals surface area (Å²) in [7, 11) is 0. The zero-order chi connectivity index (χ0) is 24.8. The van der Waals surface area contributed by atoms with Gasteiger partial charge >= 0.3 is 12.1 Å². The maximum absolute atomic E-state index is 10.6. The molecule has 1 aliphatic rings. The van der Waals surface area contributed by atoms with E-state index >= 15 is 0 Å². The molecule has 0 saturated carbocycles. The summed E-state index contributed by atoms with van der Waals surface area (Å²) in [5.74, 6) is -0.642. The molecular weight excluding hydrogens is 447 g/mol. The molecule has 1 aliphatic heterocycles. The molecule has 1 aromatic carbocycles. The smallest absolute Gasteiger partial charge is 0.475 e. The number of hydrogen-bond acceptors (Lipinski definition) is 5. The van der Waals surface area contributed by atoms with Crippen molar-refractivity contribution in [3.05, 3.63) is 35.7 Å². The van der Waals surface area contributed by atoms with Gasteiger partial charge in [0, 0.05) is 12.0 Å². The molecule has 0 radical (unpaired) electrons. The standard InChI is InChI=1S/C23H35N3O.C2HF3O2/c1-2-3-4-5-6-7-8-9-10-19-11-13-21(14-12-19)23-25-22(27-26-23)17-20-15-16-24-18-20;3-2(4,5)1(6)7/h11-14,20,24H,2-10,15-18H2,1H3;(H,6,7). The van der Waals surface area contributed by atoms with Crippen LogP contribution in [0.25, 0.3) is 11.4 Å². The van der Waals surface area contributed by atoms with Crippen molar-refractivity contribution in [2.75, 3.05) is 13.1 Å². The average Bonchev–Trinajstić information content (AvgIpc) is 3.48. The molecule has 6 nitrogen and oxygen atoms in total. The molecule has 0 aliphatic carbocycles. The van der Waals surface area contributed by atoms with Crippen molar-refractivity contribution in [1.29, 1.82) is 0 Å². The lowest BCUT2D eigenvalue weighted by Crippen LogP contribution is -2.21. The molecule has 0 amide bonds. The molecule has 9 heteroatoms. The molecular formula is C25H36F3N3O3. The normalized spacial score (nSPS) is 15.7. The Morgan fingerprint density at radius 1 is 1.09 bits per heavy atom. The summed E-state index contributed by atoms with van der Waals surface area (Å²) in [6.45, 7) is 4.44. The first-order chi connectivity index (χ1) is 16.3. The van der Waals surface area contributed by atoms with Crippen LogP contribution in [0.4, 0.5) is 13.2 Å². The lowest BCUT2D eigenvalue weighted by atomic mass is 10.0. The van der Waals surface area contributed by atoms with Crippen LogP contribution < -0.4 is 5.32 Å². The number of nitrogens with zero attached hydrogens (tertiary/aromatic N) is 2. The number of carbonyl (C=O) groups is 1. The fourth-order valence-corrected chi connectivity index (χ4v) is 3.87. The van der Waals surface area contributed by atoms with E-state index in [-0.39, 0.29) is 0 Å². The highest BCUT2D eigenvalue weighted by molar-refractivity contribution is 5.73. The van der Waals surface area contributed by atoms with Gasteiger partial charge in [0.1, 0.15) is 0 Å². The maximum Gasteiger partial charge on any atom is 0.490 e. The molecule has 1 aromatic heterocycles. The van der Waals surface area contributed by atoms with Crippen LogP contribution in [0.3, 0.4) is 0 Å². The van der Waals surface area contributed by atoms with Crippen LogP contribution in [0.5, 0.6) is 0 Å². The number of benzene rings is 1. The number of rotatable bonds is 12. The van der Waals surface area contributed by atoms with Gasteiger partial charge in [-0.3, -0.25) is 0 Å². The molecule has 0 spiro atoms. The molecule has 1 unspecified atom stereocenters. The minimum absolute atomic E-state index is 0.632. The van der Waals surface area contributed by atoms with Gasteiger partial charge in [-0.15, -0.1) is 0 Å². The van der Waals surface area contributed by atoms with Crippen molar-refractivity contribution < 1.29 is 27.6 Å². The topological polar surface area (TPSA) is 88.3 Å². The number of aryl methyl sites for hydroxylation is 1. The molecule has 34 heavy (non-hydrogen) atoms. The highest BCUT2D eigenvalue weighted by atomic mass is 19.4. The number of nitrogens with one attached hydrogen (secondary N) is 1.